The van der Waals surface area contributed by atoms with Crippen molar-refractivity contribution >= 4 is 23.2 Å². The summed E-state index contributed by atoms with van der Waals surface area (Å²) in [6.07, 6.45) is 1.68. The van der Waals surface area contributed by atoms with Gasteiger partial charge in [0.05, 0.1) is 5.69 Å². The number of carbonyl (C=O) groups is 1. The van der Waals surface area contributed by atoms with E-state index in [2.05, 4.69) is 24.1 Å². The summed E-state index contributed by atoms with van der Waals surface area (Å²) in [4.78, 5) is 17.8. The van der Waals surface area contributed by atoms with Crippen LogP contribution in [0.25, 0.3) is 0 Å². The van der Waals surface area contributed by atoms with E-state index in [-0.39, 0.29) is 5.91 Å². The lowest BCUT2D eigenvalue weighted by molar-refractivity contribution is 0.102. The van der Waals surface area contributed by atoms with Crippen molar-refractivity contribution in [2.24, 2.45) is 0 Å². The molecule has 0 aliphatic carbocycles. The monoisotopic (exact) mass is 422 g/mol. The Morgan fingerprint density at radius 3 is 2.33 bits per heavy atom. The molecule has 0 saturated carbocycles. The van der Waals surface area contributed by atoms with Gasteiger partial charge in [-0.15, -0.1) is 0 Å². The quantitative estimate of drug-likeness (QED) is 0.485. The van der Waals surface area contributed by atoms with E-state index in [0.717, 1.165) is 40.9 Å². The van der Waals surface area contributed by atoms with Gasteiger partial charge < -0.3 is 10.1 Å². The van der Waals surface area contributed by atoms with E-state index in [1.807, 2.05) is 56.3 Å². The molecule has 0 aliphatic heterocycles. The second kappa shape index (κ2) is 9.77. The smallest absolute Gasteiger partial charge is 0.261 e. The average molecular weight is 423 g/mol. The molecule has 0 atom stereocenters. The molecule has 1 amide bonds. The van der Waals surface area contributed by atoms with Gasteiger partial charge in [0.25, 0.3) is 5.91 Å². The highest BCUT2D eigenvalue weighted by molar-refractivity contribution is 6.30. The van der Waals surface area contributed by atoms with Gasteiger partial charge in [0.2, 0.25) is 0 Å². The molecule has 0 bridgehead atoms. The molecule has 156 valence electrons. The van der Waals surface area contributed by atoms with Gasteiger partial charge in [-0.3, -0.25) is 9.78 Å². The third-order valence-electron chi connectivity index (χ3n) is 5.04. The van der Waals surface area contributed by atoms with E-state index >= 15 is 0 Å². The molecule has 0 fully saturated rings. The van der Waals surface area contributed by atoms with Crippen molar-refractivity contribution < 1.29 is 9.53 Å². The van der Waals surface area contributed by atoms with Crippen LogP contribution in [0, 0.1) is 13.8 Å². The summed E-state index contributed by atoms with van der Waals surface area (Å²) in [7, 11) is 0. The van der Waals surface area contributed by atoms with Crippen LogP contribution in [0.1, 0.15) is 52.3 Å². The number of ether oxygens (including phenoxy) is 1. The lowest BCUT2D eigenvalue weighted by Crippen LogP contribution is -2.18. The van der Waals surface area contributed by atoms with Gasteiger partial charge in [0.1, 0.15) is 17.9 Å². The maximum atomic E-state index is 13.3. The van der Waals surface area contributed by atoms with Gasteiger partial charge in [-0.05, 0) is 55.5 Å². The molecule has 1 heterocycles. The summed E-state index contributed by atoms with van der Waals surface area (Å²) in [5.74, 6) is 0.307. The van der Waals surface area contributed by atoms with Gasteiger partial charge in [-0.2, -0.15) is 0 Å². The molecule has 0 saturated heterocycles. The van der Waals surface area contributed by atoms with Crippen LogP contribution in [0.15, 0.2) is 48.5 Å². The minimum Gasteiger partial charge on any atom is -0.488 e. The Morgan fingerprint density at radius 2 is 1.70 bits per heavy atom. The first kappa shape index (κ1) is 21.8. The van der Waals surface area contributed by atoms with E-state index < -0.39 is 0 Å². The molecule has 3 aromatic rings. The van der Waals surface area contributed by atoms with Crippen molar-refractivity contribution in [1.82, 2.24) is 4.98 Å². The molecular weight excluding hydrogens is 396 g/mol. The van der Waals surface area contributed by atoms with Crippen LogP contribution in [0.3, 0.4) is 0 Å². The van der Waals surface area contributed by atoms with E-state index in [1.165, 1.54) is 0 Å². The van der Waals surface area contributed by atoms with Crippen LogP contribution in [-0.4, -0.2) is 10.9 Å². The lowest BCUT2D eigenvalue weighted by Gasteiger charge is -2.18. The predicted octanol–water partition coefficient (Wildman–Crippen LogP) is 6.31. The van der Waals surface area contributed by atoms with Crippen molar-refractivity contribution in [3.63, 3.8) is 0 Å². The number of halogens is 1. The van der Waals surface area contributed by atoms with E-state index in [0.29, 0.717) is 28.6 Å². The molecular formula is C25H27ClN2O2. The number of anilines is 1. The first-order valence-electron chi connectivity index (χ1n) is 10.2. The number of hydrogen-bond donors (Lipinski definition) is 1. The third kappa shape index (κ3) is 5.00. The fourth-order valence-electron chi connectivity index (χ4n) is 3.55. The Hall–Kier alpha value is -2.85. The lowest BCUT2D eigenvalue weighted by atomic mass is 10.0. The molecule has 30 heavy (non-hydrogen) atoms. The number of pyridine rings is 1. The highest BCUT2D eigenvalue weighted by Gasteiger charge is 2.20. The van der Waals surface area contributed by atoms with Gasteiger partial charge in [-0.25, -0.2) is 0 Å². The normalized spacial score (nSPS) is 10.7. The second-order valence-electron chi connectivity index (χ2n) is 7.25. The summed E-state index contributed by atoms with van der Waals surface area (Å²) in [6.45, 7) is 8.21. The Kier molecular flexibility index (Phi) is 7.11. The Labute approximate surface area is 183 Å². The zero-order valence-corrected chi connectivity index (χ0v) is 18.6. The number of amides is 1. The number of aromatic nitrogens is 1. The van der Waals surface area contributed by atoms with Gasteiger partial charge >= 0.3 is 0 Å². The van der Waals surface area contributed by atoms with E-state index in [1.54, 1.807) is 6.07 Å². The standard InChI is InChI=1S/C25H27ClN2O2/c1-5-19-10-8-11-20(6-2)24(19)28-25(29)23-17(4)27-16(3)13-22(23)30-15-18-9-7-12-21(26)14-18/h7-14H,5-6,15H2,1-4H3,(H,28,29). The Balaban J connectivity index is 1.93. The maximum Gasteiger partial charge on any atom is 0.261 e. The minimum absolute atomic E-state index is 0.211. The van der Waals surface area contributed by atoms with Crippen LogP contribution in [0.5, 0.6) is 5.75 Å². The van der Waals surface area contributed by atoms with Crippen LogP contribution >= 0.6 is 11.6 Å². The number of nitrogens with one attached hydrogen (secondary N) is 1. The third-order valence-corrected chi connectivity index (χ3v) is 5.28. The SMILES string of the molecule is CCc1cccc(CC)c1NC(=O)c1c(OCc2cccc(Cl)c2)cc(C)nc1C. The molecule has 5 heteroatoms. The van der Waals surface area contributed by atoms with Crippen molar-refractivity contribution in [2.75, 3.05) is 5.32 Å². The first-order valence-corrected chi connectivity index (χ1v) is 10.6. The number of hydrogen-bond acceptors (Lipinski definition) is 3. The number of aryl methyl sites for hydroxylation is 4. The second-order valence-corrected chi connectivity index (χ2v) is 7.69. The van der Waals surface area contributed by atoms with Crippen molar-refractivity contribution in [3.8, 4) is 5.75 Å². The summed E-state index contributed by atoms with van der Waals surface area (Å²) in [5.41, 5.74) is 5.94. The molecule has 4 nitrogen and oxygen atoms in total. The van der Waals surface area contributed by atoms with Crippen molar-refractivity contribution in [2.45, 2.75) is 47.1 Å². The average Bonchev–Trinajstić information content (AvgIpc) is 2.71. The summed E-state index contributed by atoms with van der Waals surface area (Å²) in [6, 6.07) is 15.4. The van der Waals surface area contributed by atoms with Gasteiger partial charge in [0.15, 0.2) is 0 Å². The molecule has 0 unspecified atom stereocenters. The minimum atomic E-state index is -0.211. The zero-order chi connectivity index (χ0) is 21.7. The molecule has 0 radical (unpaired) electrons. The van der Waals surface area contributed by atoms with Crippen molar-refractivity contribution in [3.05, 3.63) is 87.2 Å². The van der Waals surface area contributed by atoms with E-state index in [4.69, 9.17) is 16.3 Å². The highest BCUT2D eigenvalue weighted by Crippen LogP contribution is 2.28. The summed E-state index contributed by atoms with van der Waals surface area (Å²) >= 11 is 6.08. The van der Waals surface area contributed by atoms with Crippen LogP contribution < -0.4 is 10.1 Å². The topological polar surface area (TPSA) is 51.2 Å². The maximum absolute atomic E-state index is 13.3. The number of benzene rings is 2. The molecule has 3 rings (SSSR count). The Morgan fingerprint density at radius 1 is 1.03 bits per heavy atom. The fraction of sp³-hybridized carbons (Fsp3) is 0.280. The van der Waals surface area contributed by atoms with E-state index in [9.17, 15) is 4.79 Å². The molecule has 0 aliphatic rings. The summed E-state index contributed by atoms with van der Waals surface area (Å²) < 4.78 is 6.05. The van der Waals surface area contributed by atoms with Crippen LogP contribution in [0.2, 0.25) is 5.02 Å². The number of rotatable bonds is 7. The molecule has 2 aromatic carbocycles. The van der Waals surface area contributed by atoms with Gasteiger partial charge in [-0.1, -0.05) is 55.8 Å². The zero-order valence-electron chi connectivity index (χ0n) is 17.9. The summed E-state index contributed by atoms with van der Waals surface area (Å²) in [5, 5.41) is 3.78. The molecule has 0 spiro atoms. The fourth-order valence-corrected chi connectivity index (χ4v) is 3.76. The van der Waals surface area contributed by atoms with Crippen LogP contribution in [-0.2, 0) is 19.4 Å². The van der Waals surface area contributed by atoms with Gasteiger partial charge in [0, 0.05) is 22.5 Å². The predicted molar refractivity (Wildman–Crippen MR) is 123 cm³/mol. The first-order chi connectivity index (χ1) is 14.4. The largest absolute Gasteiger partial charge is 0.488 e. The Bertz CT molecular complexity index is 1040. The number of para-hydroxylation sites is 1. The van der Waals surface area contributed by atoms with Crippen LogP contribution in [0.4, 0.5) is 5.69 Å². The highest BCUT2D eigenvalue weighted by atomic mass is 35.5. The number of nitrogens with zero attached hydrogens (tertiary/aromatic N) is 1. The molecule has 1 aromatic heterocycles. The number of carbonyl (C=O) groups excluding carboxylic acids is 1. The molecule has 1 N–H and O–H groups in total. The van der Waals surface area contributed by atoms with Crippen molar-refractivity contribution in [1.29, 1.82) is 0 Å².